The number of amides is 1. The van der Waals surface area contributed by atoms with Gasteiger partial charge in [-0.15, -0.1) is 0 Å². The first-order valence-electron chi connectivity index (χ1n) is 7.28. The van der Waals surface area contributed by atoms with E-state index in [1.165, 1.54) is 25.7 Å². The van der Waals surface area contributed by atoms with Gasteiger partial charge in [0.05, 0.1) is 11.3 Å². The molecule has 1 aliphatic carbocycles. The first-order valence-corrected chi connectivity index (χ1v) is 7.28. The summed E-state index contributed by atoms with van der Waals surface area (Å²) < 4.78 is 0. The van der Waals surface area contributed by atoms with Crippen molar-refractivity contribution in [1.82, 2.24) is 0 Å². The van der Waals surface area contributed by atoms with Crippen LogP contribution in [0.3, 0.4) is 0 Å². The number of nitrogens with one attached hydrogen (secondary N) is 1. The zero-order valence-electron chi connectivity index (χ0n) is 11.7. The lowest BCUT2D eigenvalue weighted by atomic mass is 9.96. The third-order valence-electron chi connectivity index (χ3n) is 3.89. The van der Waals surface area contributed by atoms with Crippen molar-refractivity contribution in [2.45, 2.75) is 44.9 Å². The molecular formula is C16H21N3O. The standard InChI is InChI=1S/C16H21N3O/c17-11-13-10-14(18)7-8-15(13)19-16(20)9-12-5-3-1-2-4-6-12/h7-8,10,12H,1-6,9,18H2,(H,19,20). The van der Waals surface area contributed by atoms with E-state index in [0.29, 0.717) is 29.3 Å². The quantitative estimate of drug-likeness (QED) is 0.653. The average Bonchev–Trinajstić information content (AvgIpc) is 2.69. The SMILES string of the molecule is N#Cc1cc(N)ccc1NC(=O)CC1CCCCCC1. The number of carbonyl (C=O) groups is 1. The molecule has 0 saturated heterocycles. The predicted octanol–water partition coefficient (Wildman–Crippen LogP) is 3.44. The van der Waals surface area contributed by atoms with E-state index in [-0.39, 0.29) is 5.91 Å². The van der Waals surface area contributed by atoms with Crippen LogP contribution in [0, 0.1) is 17.2 Å². The second-order valence-corrected chi connectivity index (χ2v) is 5.53. The summed E-state index contributed by atoms with van der Waals surface area (Å²) >= 11 is 0. The van der Waals surface area contributed by atoms with Gasteiger partial charge in [-0.05, 0) is 37.0 Å². The maximum absolute atomic E-state index is 12.1. The van der Waals surface area contributed by atoms with Gasteiger partial charge in [-0.25, -0.2) is 0 Å². The minimum absolute atomic E-state index is 0.00169. The molecule has 1 aromatic carbocycles. The van der Waals surface area contributed by atoms with Gasteiger partial charge in [0.2, 0.25) is 5.91 Å². The molecule has 1 saturated carbocycles. The molecule has 20 heavy (non-hydrogen) atoms. The first kappa shape index (κ1) is 14.4. The molecule has 0 atom stereocenters. The molecule has 4 heteroatoms. The van der Waals surface area contributed by atoms with Gasteiger partial charge < -0.3 is 11.1 Å². The van der Waals surface area contributed by atoms with Gasteiger partial charge in [-0.1, -0.05) is 25.7 Å². The Hall–Kier alpha value is -2.02. The normalized spacial score (nSPS) is 16.1. The smallest absolute Gasteiger partial charge is 0.224 e. The summed E-state index contributed by atoms with van der Waals surface area (Å²) in [6.45, 7) is 0. The van der Waals surface area contributed by atoms with Crippen LogP contribution in [0.5, 0.6) is 0 Å². The Balaban J connectivity index is 1.95. The first-order chi connectivity index (χ1) is 9.69. The molecule has 0 radical (unpaired) electrons. The zero-order valence-corrected chi connectivity index (χ0v) is 11.7. The molecule has 0 aliphatic heterocycles. The van der Waals surface area contributed by atoms with Crippen molar-refractivity contribution in [2.75, 3.05) is 11.1 Å². The van der Waals surface area contributed by atoms with E-state index in [4.69, 9.17) is 11.0 Å². The topological polar surface area (TPSA) is 78.9 Å². The highest BCUT2D eigenvalue weighted by atomic mass is 16.1. The summed E-state index contributed by atoms with van der Waals surface area (Å²) in [5.74, 6) is 0.481. The van der Waals surface area contributed by atoms with Crippen molar-refractivity contribution in [3.8, 4) is 6.07 Å². The monoisotopic (exact) mass is 271 g/mol. The van der Waals surface area contributed by atoms with E-state index in [1.807, 2.05) is 0 Å². The summed E-state index contributed by atoms with van der Waals surface area (Å²) in [5, 5.41) is 11.9. The molecule has 0 unspecified atom stereocenters. The molecule has 106 valence electrons. The minimum Gasteiger partial charge on any atom is -0.399 e. The van der Waals surface area contributed by atoms with E-state index in [1.54, 1.807) is 18.2 Å². The minimum atomic E-state index is -0.00169. The number of rotatable bonds is 3. The molecule has 0 heterocycles. The summed E-state index contributed by atoms with van der Waals surface area (Å²) in [5.41, 5.74) is 7.14. The average molecular weight is 271 g/mol. The van der Waals surface area contributed by atoms with Crippen LogP contribution in [-0.2, 0) is 4.79 Å². The Bertz CT molecular complexity index is 511. The van der Waals surface area contributed by atoms with Gasteiger partial charge in [-0.3, -0.25) is 4.79 Å². The molecular weight excluding hydrogens is 250 g/mol. The fraction of sp³-hybridized carbons (Fsp3) is 0.500. The van der Waals surface area contributed by atoms with Crippen LogP contribution in [0.1, 0.15) is 50.5 Å². The third-order valence-corrected chi connectivity index (χ3v) is 3.89. The highest BCUT2D eigenvalue weighted by Crippen LogP contribution is 2.26. The van der Waals surface area contributed by atoms with Gasteiger partial charge in [0.15, 0.2) is 0 Å². The molecule has 3 N–H and O–H groups in total. The lowest BCUT2D eigenvalue weighted by Gasteiger charge is -2.14. The molecule has 0 aromatic heterocycles. The number of nitrogens with two attached hydrogens (primary N) is 1. The molecule has 4 nitrogen and oxygen atoms in total. The van der Waals surface area contributed by atoms with Crippen LogP contribution in [-0.4, -0.2) is 5.91 Å². The Morgan fingerprint density at radius 1 is 1.30 bits per heavy atom. The van der Waals surface area contributed by atoms with Gasteiger partial charge in [0.1, 0.15) is 6.07 Å². The van der Waals surface area contributed by atoms with Gasteiger partial charge in [-0.2, -0.15) is 5.26 Å². The number of anilines is 2. The molecule has 1 aliphatic rings. The van der Waals surface area contributed by atoms with Crippen molar-refractivity contribution in [2.24, 2.45) is 5.92 Å². The van der Waals surface area contributed by atoms with Crippen LogP contribution in [0.25, 0.3) is 0 Å². The van der Waals surface area contributed by atoms with Crippen LogP contribution in [0.2, 0.25) is 0 Å². The predicted molar refractivity (Wildman–Crippen MR) is 80.0 cm³/mol. The summed E-state index contributed by atoms with van der Waals surface area (Å²) in [4.78, 5) is 12.1. The molecule has 2 rings (SSSR count). The number of hydrogen-bond acceptors (Lipinski definition) is 3. The summed E-state index contributed by atoms with van der Waals surface area (Å²) in [7, 11) is 0. The van der Waals surface area contributed by atoms with Crippen molar-refractivity contribution in [3.05, 3.63) is 23.8 Å². The molecule has 0 spiro atoms. The van der Waals surface area contributed by atoms with Crippen molar-refractivity contribution in [1.29, 1.82) is 5.26 Å². The van der Waals surface area contributed by atoms with Crippen LogP contribution in [0.4, 0.5) is 11.4 Å². The lowest BCUT2D eigenvalue weighted by molar-refractivity contribution is -0.117. The lowest BCUT2D eigenvalue weighted by Crippen LogP contribution is -2.17. The Morgan fingerprint density at radius 2 is 2.00 bits per heavy atom. The number of nitrogen functional groups attached to an aromatic ring is 1. The summed E-state index contributed by atoms with van der Waals surface area (Å²) in [6, 6.07) is 7.04. The van der Waals surface area contributed by atoms with Crippen molar-refractivity contribution >= 4 is 17.3 Å². The molecule has 0 bridgehead atoms. The molecule has 1 aromatic rings. The van der Waals surface area contributed by atoms with E-state index in [9.17, 15) is 4.79 Å². The number of carbonyl (C=O) groups excluding carboxylic acids is 1. The van der Waals surface area contributed by atoms with Crippen LogP contribution in [0.15, 0.2) is 18.2 Å². The third kappa shape index (κ3) is 3.99. The highest BCUT2D eigenvalue weighted by Gasteiger charge is 2.16. The van der Waals surface area contributed by atoms with Crippen LogP contribution >= 0.6 is 0 Å². The maximum atomic E-state index is 12.1. The van der Waals surface area contributed by atoms with E-state index in [2.05, 4.69) is 11.4 Å². The van der Waals surface area contributed by atoms with Crippen molar-refractivity contribution < 1.29 is 4.79 Å². The van der Waals surface area contributed by atoms with E-state index < -0.39 is 0 Å². The Kier molecular flexibility index (Phi) is 5.00. The fourth-order valence-corrected chi connectivity index (χ4v) is 2.79. The zero-order chi connectivity index (χ0) is 14.4. The number of nitriles is 1. The van der Waals surface area contributed by atoms with Gasteiger partial charge in [0, 0.05) is 12.1 Å². The highest BCUT2D eigenvalue weighted by molar-refractivity contribution is 5.92. The van der Waals surface area contributed by atoms with Crippen molar-refractivity contribution in [3.63, 3.8) is 0 Å². The Morgan fingerprint density at radius 3 is 2.65 bits per heavy atom. The number of nitrogens with zero attached hydrogens (tertiary/aromatic N) is 1. The number of benzene rings is 1. The van der Waals surface area contributed by atoms with E-state index >= 15 is 0 Å². The molecule has 1 amide bonds. The van der Waals surface area contributed by atoms with Gasteiger partial charge in [0.25, 0.3) is 0 Å². The fourth-order valence-electron chi connectivity index (χ4n) is 2.79. The maximum Gasteiger partial charge on any atom is 0.224 e. The second kappa shape index (κ2) is 6.95. The van der Waals surface area contributed by atoms with Gasteiger partial charge >= 0.3 is 0 Å². The Labute approximate surface area is 120 Å². The van der Waals surface area contributed by atoms with Crippen LogP contribution < -0.4 is 11.1 Å². The largest absolute Gasteiger partial charge is 0.399 e. The molecule has 1 fully saturated rings. The number of hydrogen-bond donors (Lipinski definition) is 2. The summed E-state index contributed by atoms with van der Waals surface area (Å²) in [6.07, 6.45) is 7.85. The van der Waals surface area contributed by atoms with E-state index in [0.717, 1.165) is 12.8 Å². The second-order valence-electron chi connectivity index (χ2n) is 5.53.